The Morgan fingerprint density at radius 3 is 2.92 bits per heavy atom. The molecular formula is C10H16N2O. The molecule has 1 amide bonds. The maximum Gasteiger partial charge on any atom is 0.224 e. The van der Waals surface area contributed by atoms with E-state index in [1.807, 2.05) is 6.92 Å². The van der Waals surface area contributed by atoms with Gasteiger partial charge in [-0.15, -0.1) is 12.3 Å². The van der Waals surface area contributed by atoms with E-state index in [1.165, 1.54) is 0 Å². The van der Waals surface area contributed by atoms with Gasteiger partial charge in [-0.25, -0.2) is 0 Å². The van der Waals surface area contributed by atoms with E-state index in [1.54, 1.807) is 0 Å². The molecule has 0 bridgehead atoms. The van der Waals surface area contributed by atoms with Crippen molar-refractivity contribution in [1.29, 1.82) is 0 Å². The van der Waals surface area contributed by atoms with E-state index in [2.05, 4.69) is 10.8 Å². The van der Waals surface area contributed by atoms with Crippen LogP contribution in [0, 0.1) is 17.8 Å². The molecule has 1 heterocycles. The molecule has 3 heteroatoms. The Balaban J connectivity index is 2.45. The first kappa shape index (κ1) is 10.1. The standard InChI is InChI=1S/C10H16N2O/c1-3-4-6-12-7-5-10(2,8-12)9(11)13/h1H,4-8H2,2H3,(H2,11,13). The van der Waals surface area contributed by atoms with Crippen LogP contribution in [0.3, 0.4) is 0 Å². The third kappa shape index (κ3) is 2.22. The lowest BCUT2D eigenvalue weighted by atomic mass is 9.89. The van der Waals surface area contributed by atoms with Gasteiger partial charge >= 0.3 is 0 Å². The molecule has 0 aliphatic carbocycles. The summed E-state index contributed by atoms with van der Waals surface area (Å²) >= 11 is 0. The highest BCUT2D eigenvalue weighted by atomic mass is 16.1. The fraction of sp³-hybridized carbons (Fsp3) is 0.700. The van der Waals surface area contributed by atoms with Gasteiger partial charge in [-0.1, -0.05) is 0 Å². The van der Waals surface area contributed by atoms with Gasteiger partial charge in [0.15, 0.2) is 0 Å². The van der Waals surface area contributed by atoms with E-state index < -0.39 is 0 Å². The Kier molecular flexibility index (Phi) is 2.94. The molecule has 2 N–H and O–H groups in total. The molecule has 1 aliphatic rings. The first-order chi connectivity index (χ1) is 6.08. The zero-order chi connectivity index (χ0) is 9.90. The number of carbonyl (C=O) groups is 1. The van der Waals surface area contributed by atoms with Gasteiger partial charge in [0.25, 0.3) is 0 Å². The first-order valence-corrected chi connectivity index (χ1v) is 4.54. The van der Waals surface area contributed by atoms with E-state index in [4.69, 9.17) is 12.2 Å². The normalized spacial score (nSPS) is 28.6. The topological polar surface area (TPSA) is 46.3 Å². The minimum absolute atomic E-state index is 0.198. The SMILES string of the molecule is C#CCCN1CCC(C)(C(N)=O)C1. The number of nitrogens with zero attached hydrogens (tertiary/aromatic N) is 1. The van der Waals surface area contributed by atoms with Crippen molar-refractivity contribution in [3.63, 3.8) is 0 Å². The summed E-state index contributed by atoms with van der Waals surface area (Å²) in [6.45, 7) is 4.48. The second-order valence-corrected chi connectivity index (χ2v) is 3.91. The van der Waals surface area contributed by atoms with Crippen LogP contribution in [-0.4, -0.2) is 30.4 Å². The third-order valence-corrected chi connectivity index (χ3v) is 2.72. The summed E-state index contributed by atoms with van der Waals surface area (Å²) in [5.41, 5.74) is 4.98. The van der Waals surface area contributed by atoms with Crippen LogP contribution in [0.2, 0.25) is 0 Å². The van der Waals surface area contributed by atoms with Crippen LogP contribution in [0.4, 0.5) is 0 Å². The summed E-state index contributed by atoms with van der Waals surface area (Å²) in [5.74, 6) is 2.39. The van der Waals surface area contributed by atoms with Crippen molar-refractivity contribution in [2.45, 2.75) is 19.8 Å². The molecule has 13 heavy (non-hydrogen) atoms. The van der Waals surface area contributed by atoms with Crippen molar-refractivity contribution in [3.8, 4) is 12.3 Å². The van der Waals surface area contributed by atoms with Gasteiger partial charge in [-0.2, -0.15) is 0 Å². The molecule has 3 nitrogen and oxygen atoms in total. The average molecular weight is 180 g/mol. The van der Waals surface area contributed by atoms with Crippen LogP contribution >= 0.6 is 0 Å². The van der Waals surface area contributed by atoms with E-state index >= 15 is 0 Å². The summed E-state index contributed by atoms with van der Waals surface area (Å²) in [6, 6.07) is 0. The fourth-order valence-corrected chi connectivity index (χ4v) is 1.67. The van der Waals surface area contributed by atoms with E-state index in [9.17, 15) is 4.79 Å². The highest BCUT2D eigenvalue weighted by Crippen LogP contribution is 2.29. The van der Waals surface area contributed by atoms with Crippen LogP contribution in [0.15, 0.2) is 0 Å². The fourth-order valence-electron chi connectivity index (χ4n) is 1.67. The number of amides is 1. The van der Waals surface area contributed by atoms with Crippen molar-refractivity contribution >= 4 is 5.91 Å². The van der Waals surface area contributed by atoms with Gasteiger partial charge in [0.2, 0.25) is 5.91 Å². The van der Waals surface area contributed by atoms with E-state index in [0.29, 0.717) is 0 Å². The number of likely N-dealkylation sites (tertiary alicyclic amines) is 1. The van der Waals surface area contributed by atoms with E-state index in [0.717, 1.165) is 32.5 Å². The van der Waals surface area contributed by atoms with Gasteiger partial charge in [-0.05, 0) is 19.9 Å². The molecule has 0 aromatic rings. The lowest BCUT2D eigenvalue weighted by Gasteiger charge is -2.20. The quantitative estimate of drug-likeness (QED) is 0.631. The highest BCUT2D eigenvalue weighted by molar-refractivity contribution is 5.81. The molecule has 0 spiro atoms. The smallest absolute Gasteiger partial charge is 0.224 e. The second-order valence-electron chi connectivity index (χ2n) is 3.91. The predicted octanol–water partition coefficient (Wildman–Crippen LogP) is 0.207. The Morgan fingerprint density at radius 1 is 1.77 bits per heavy atom. The highest BCUT2D eigenvalue weighted by Gasteiger charge is 2.38. The molecule has 1 fully saturated rings. The largest absolute Gasteiger partial charge is 0.369 e. The maximum atomic E-state index is 11.1. The molecular weight excluding hydrogens is 164 g/mol. The van der Waals surface area contributed by atoms with Crippen LogP contribution in [-0.2, 0) is 4.79 Å². The molecule has 0 radical (unpaired) electrons. The number of terminal acetylenes is 1. The van der Waals surface area contributed by atoms with Crippen molar-refractivity contribution < 1.29 is 4.79 Å². The average Bonchev–Trinajstić information content (AvgIpc) is 2.45. The Hall–Kier alpha value is -1.01. The molecule has 0 aromatic carbocycles. The van der Waals surface area contributed by atoms with Gasteiger partial charge < -0.3 is 10.6 Å². The summed E-state index contributed by atoms with van der Waals surface area (Å²) in [7, 11) is 0. The van der Waals surface area contributed by atoms with Crippen LogP contribution < -0.4 is 5.73 Å². The summed E-state index contributed by atoms with van der Waals surface area (Å²) in [4.78, 5) is 13.3. The van der Waals surface area contributed by atoms with Gasteiger partial charge in [-0.3, -0.25) is 4.79 Å². The Labute approximate surface area is 79.3 Å². The number of hydrogen-bond donors (Lipinski definition) is 1. The number of rotatable bonds is 3. The second kappa shape index (κ2) is 3.80. The molecule has 0 saturated carbocycles. The summed E-state index contributed by atoms with van der Waals surface area (Å²) in [5, 5.41) is 0. The number of hydrogen-bond acceptors (Lipinski definition) is 2. The zero-order valence-electron chi connectivity index (χ0n) is 8.05. The van der Waals surface area contributed by atoms with Gasteiger partial charge in [0.05, 0.1) is 5.41 Å². The molecule has 1 saturated heterocycles. The molecule has 1 rings (SSSR count). The number of primary amides is 1. The summed E-state index contributed by atoms with van der Waals surface area (Å²) in [6.07, 6.45) is 6.76. The van der Waals surface area contributed by atoms with Crippen LogP contribution in [0.1, 0.15) is 19.8 Å². The van der Waals surface area contributed by atoms with Gasteiger partial charge in [0.1, 0.15) is 0 Å². The summed E-state index contributed by atoms with van der Waals surface area (Å²) < 4.78 is 0. The predicted molar refractivity (Wildman–Crippen MR) is 51.8 cm³/mol. The molecule has 1 unspecified atom stereocenters. The van der Waals surface area contributed by atoms with Crippen molar-refractivity contribution in [2.75, 3.05) is 19.6 Å². The first-order valence-electron chi connectivity index (χ1n) is 4.54. The molecule has 72 valence electrons. The van der Waals surface area contributed by atoms with Crippen LogP contribution in [0.25, 0.3) is 0 Å². The third-order valence-electron chi connectivity index (χ3n) is 2.72. The van der Waals surface area contributed by atoms with Crippen molar-refractivity contribution in [2.24, 2.45) is 11.1 Å². The van der Waals surface area contributed by atoms with E-state index in [-0.39, 0.29) is 11.3 Å². The minimum Gasteiger partial charge on any atom is -0.369 e. The van der Waals surface area contributed by atoms with Crippen molar-refractivity contribution in [1.82, 2.24) is 4.90 Å². The maximum absolute atomic E-state index is 11.1. The zero-order valence-corrected chi connectivity index (χ0v) is 8.05. The minimum atomic E-state index is -0.339. The number of carbonyl (C=O) groups excluding carboxylic acids is 1. The monoisotopic (exact) mass is 180 g/mol. The van der Waals surface area contributed by atoms with Crippen LogP contribution in [0.5, 0.6) is 0 Å². The lowest BCUT2D eigenvalue weighted by Crippen LogP contribution is -2.37. The van der Waals surface area contributed by atoms with Gasteiger partial charge in [0, 0.05) is 19.5 Å². The van der Waals surface area contributed by atoms with Crippen molar-refractivity contribution in [3.05, 3.63) is 0 Å². The number of nitrogens with two attached hydrogens (primary N) is 1. The Bertz CT molecular complexity index is 244. The molecule has 0 aromatic heterocycles. The lowest BCUT2D eigenvalue weighted by molar-refractivity contribution is -0.126. The molecule has 1 atom stereocenters. The Morgan fingerprint density at radius 2 is 2.46 bits per heavy atom. The molecule has 1 aliphatic heterocycles.